The SMILES string of the molecule is CC(C)(C)OC(=O)c1ccc(CCc2ccccc2)cc1Nc1cccc(-n2cccn2)c1. The molecule has 0 bridgehead atoms. The van der Waals surface area contributed by atoms with Crippen LogP contribution in [-0.2, 0) is 17.6 Å². The highest BCUT2D eigenvalue weighted by molar-refractivity contribution is 5.97. The van der Waals surface area contributed by atoms with Gasteiger partial charge in [0.2, 0.25) is 0 Å². The van der Waals surface area contributed by atoms with E-state index < -0.39 is 5.60 Å². The van der Waals surface area contributed by atoms with Gasteiger partial charge in [-0.15, -0.1) is 0 Å². The maximum atomic E-state index is 12.9. The van der Waals surface area contributed by atoms with Crippen LogP contribution in [0.4, 0.5) is 11.4 Å². The van der Waals surface area contributed by atoms with E-state index in [0.717, 1.165) is 35.5 Å². The largest absolute Gasteiger partial charge is 0.456 e. The van der Waals surface area contributed by atoms with E-state index in [1.54, 1.807) is 10.9 Å². The first-order valence-corrected chi connectivity index (χ1v) is 11.1. The Kier molecular flexibility index (Phi) is 6.59. The summed E-state index contributed by atoms with van der Waals surface area (Å²) in [6.45, 7) is 5.62. The smallest absolute Gasteiger partial charge is 0.340 e. The molecule has 0 saturated carbocycles. The lowest BCUT2D eigenvalue weighted by atomic mass is 10.0. The second-order valence-corrected chi connectivity index (χ2v) is 8.99. The highest BCUT2D eigenvalue weighted by Gasteiger charge is 2.21. The predicted octanol–water partition coefficient (Wildman–Crippen LogP) is 6.36. The lowest BCUT2D eigenvalue weighted by Crippen LogP contribution is -2.24. The van der Waals surface area contributed by atoms with Gasteiger partial charge in [-0.25, -0.2) is 9.48 Å². The molecule has 1 N–H and O–H groups in total. The van der Waals surface area contributed by atoms with Crippen molar-refractivity contribution in [3.63, 3.8) is 0 Å². The fraction of sp³-hybridized carbons (Fsp3) is 0.214. The summed E-state index contributed by atoms with van der Waals surface area (Å²) in [6.07, 6.45) is 5.45. The van der Waals surface area contributed by atoms with Gasteiger partial charge in [0.1, 0.15) is 5.60 Å². The minimum atomic E-state index is -0.569. The third-order valence-corrected chi connectivity index (χ3v) is 5.14. The summed E-state index contributed by atoms with van der Waals surface area (Å²) in [4.78, 5) is 12.9. The van der Waals surface area contributed by atoms with Crippen molar-refractivity contribution in [3.8, 4) is 5.69 Å². The molecule has 0 aliphatic heterocycles. The van der Waals surface area contributed by atoms with Crippen molar-refractivity contribution in [3.05, 3.63) is 108 Å². The van der Waals surface area contributed by atoms with Gasteiger partial charge in [-0.1, -0.05) is 42.5 Å². The second-order valence-electron chi connectivity index (χ2n) is 8.99. The lowest BCUT2D eigenvalue weighted by molar-refractivity contribution is 0.00707. The van der Waals surface area contributed by atoms with Gasteiger partial charge in [0.15, 0.2) is 0 Å². The van der Waals surface area contributed by atoms with E-state index >= 15 is 0 Å². The van der Waals surface area contributed by atoms with Gasteiger partial charge >= 0.3 is 5.97 Å². The predicted molar refractivity (Wildman–Crippen MR) is 132 cm³/mol. The van der Waals surface area contributed by atoms with Crippen LogP contribution >= 0.6 is 0 Å². The summed E-state index contributed by atoms with van der Waals surface area (Å²) in [5.74, 6) is -0.345. The third kappa shape index (κ3) is 6.10. The molecule has 0 radical (unpaired) electrons. The van der Waals surface area contributed by atoms with E-state index in [-0.39, 0.29) is 5.97 Å². The Morgan fingerprint density at radius 2 is 1.70 bits per heavy atom. The molecule has 3 aromatic carbocycles. The molecule has 5 heteroatoms. The molecule has 5 nitrogen and oxygen atoms in total. The molecule has 1 aromatic heterocycles. The molecule has 0 saturated heterocycles. The number of rotatable bonds is 7. The zero-order valence-electron chi connectivity index (χ0n) is 19.3. The molecule has 33 heavy (non-hydrogen) atoms. The van der Waals surface area contributed by atoms with E-state index in [0.29, 0.717) is 5.56 Å². The van der Waals surface area contributed by atoms with E-state index in [2.05, 4.69) is 34.7 Å². The molecule has 0 amide bonds. The molecule has 0 aliphatic carbocycles. The topological polar surface area (TPSA) is 56.1 Å². The molecule has 0 fully saturated rings. The maximum Gasteiger partial charge on any atom is 0.340 e. The van der Waals surface area contributed by atoms with Crippen molar-refractivity contribution in [1.29, 1.82) is 0 Å². The van der Waals surface area contributed by atoms with Crippen LogP contribution in [0.3, 0.4) is 0 Å². The van der Waals surface area contributed by atoms with Crippen LogP contribution in [0.5, 0.6) is 0 Å². The number of carbonyl (C=O) groups excluding carboxylic acids is 1. The van der Waals surface area contributed by atoms with Crippen molar-refractivity contribution < 1.29 is 9.53 Å². The molecule has 4 rings (SSSR count). The number of hydrogen-bond donors (Lipinski definition) is 1. The van der Waals surface area contributed by atoms with Crippen LogP contribution in [0.15, 0.2) is 91.3 Å². The summed E-state index contributed by atoms with van der Waals surface area (Å²) >= 11 is 0. The minimum Gasteiger partial charge on any atom is -0.456 e. The van der Waals surface area contributed by atoms with Gasteiger partial charge in [-0.05, 0) is 81.1 Å². The Balaban J connectivity index is 1.62. The van der Waals surface area contributed by atoms with Gasteiger partial charge in [0.25, 0.3) is 0 Å². The molecule has 0 aliphatic rings. The quantitative estimate of drug-likeness (QED) is 0.341. The number of anilines is 2. The van der Waals surface area contributed by atoms with Gasteiger partial charge < -0.3 is 10.1 Å². The van der Waals surface area contributed by atoms with Crippen molar-refractivity contribution in [2.75, 3.05) is 5.32 Å². The van der Waals surface area contributed by atoms with Crippen LogP contribution < -0.4 is 5.32 Å². The fourth-order valence-corrected chi connectivity index (χ4v) is 3.60. The molecule has 1 heterocycles. The van der Waals surface area contributed by atoms with Crippen LogP contribution in [0.1, 0.15) is 42.3 Å². The lowest BCUT2D eigenvalue weighted by Gasteiger charge is -2.21. The molecule has 168 valence electrons. The van der Waals surface area contributed by atoms with Gasteiger partial charge in [-0.2, -0.15) is 5.10 Å². The molecular formula is C28H29N3O2. The molecule has 4 aromatic rings. The first kappa shape index (κ1) is 22.3. The number of aromatic nitrogens is 2. The van der Waals surface area contributed by atoms with E-state index in [9.17, 15) is 4.79 Å². The van der Waals surface area contributed by atoms with Gasteiger partial charge in [-0.3, -0.25) is 0 Å². The first-order valence-electron chi connectivity index (χ1n) is 11.1. The van der Waals surface area contributed by atoms with Crippen molar-refractivity contribution in [2.24, 2.45) is 0 Å². The highest BCUT2D eigenvalue weighted by atomic mass is 16.6. The van der Waals surface area contributed by atoms with Gasteiger partial charge in [0, 0.05) is 18.1 Å². The summed E-state index contributed by atoms with van der Waals surface area (Å²) in [6, 6.07) is 26.1. The summed E-state index contributed by atoms with van der Waals surface area (Å²) in [5, 5.41) is 7.74. The summed E-state index contributed by atoms with van der Waals surface area (Å²) in [7, 11) is 0. The minimum absolute atomic E-state index is 0.345. The highest BCUT2D eigenvalue weighted by Crippen LogP contribution is 2.27. The average Bonchev–Trinajstić information content (AvgIpc) is 3.33. The number of benzene rings is 3. The Labute approximate surface area is 195 Å². The van der Waals surface area contributed by atoms with E-state index in [1.165, 1.54) is 5.56 Å². The monoisotopic (exact) mass is 439 g/mol. The first-order chi connectivity index (χ1) is 15.9. The van der Waals surface area contributed by atoms with Crippen molar-refractivity contribution in [2.45, 2.75) is 39.2 Å². The molecule has 0 atom stereocenters. The Hall–Kier alpha value is -3.86. The zero-order valence-corrected chi connectivity index (χ0v) is 19.3. The number of aryl methyl sites for hydroxylation is 2. The molecular weight excluding hydrogens is 410 g/mol. The number of hydrogen-bond acceptors (Lipinski definition) is 4. The van der Waals surface area contributed by atoms with Crippen LogP contribution in [0.25, 0.3) is 5.69 Å². The number of nitrogens with one attached hydrogen (secondary N) is 1. The van der Waals surface area contributed by atoms with Crippen LogP contribution in [-0.4, -0.2) is 21.4 Å². The van der Waals surface area contributed by atoms with Crippen LogP contribution in [0, 0.1) is 0 Å². The maximum absolute atomic E-state index is 12.9. The van der Waals surface area contributed by atoms with Gasteiger partial charge in [0.05, 0.1) is 16.9 Å². The fourth-order valence-electron chi connectivity index (χ4n) is 3.60. The Bertz CT molecular complexity index is 1210. The Morgan fingerprint density at radius 3 is 2.42 bits per heavy atom. The standard InChI is InChI=1S/C28H29N3O2/c1-28(2,3)33-27(32)25-16-15-22(14-13-21-9-5-4-6-10-21)19-26(25)30-23-11-7-12-24(20-23)31-18-8-17-29-31/h4-12,15-20,30H,13-14H2,1-3H3. The third-order valence-electron chi connectivity index (χ3n) is 5.14. The zero-order chi connectivity index (χ0) is 23.3. The summed E-state index contributed by atoms with van der Waals surface area (Å²) < 4.78 is 7.46. The second kappa shape index (κ2) is 9.74. The number of ether oxygens (including phenoxy) is 1. The molecule has 0 unspecified atom stereocenters. The summed E-state index contributed by atoms with van der Waals surface area (Å²) in [5.41, 5.74) is 4.91. The van der Waals surface area contributed by atoms with Crippen molar-refractivity contribution >= 4 is 17.3 Å². The van der Waals surface area contributed by atoms with E-state index in [4.69, 9.17) is 4.74 Å². The number of esters is 1. The number of nitrogens with zero attached hydrogens (tertiary/aromatic N) is 2. The van der Waals surface area contributed by atoms with E-state index in [1.807, 2.05) is 81.6 Å². The number of carbonyl (C=O) groups is 1. The van der Waals surface area contributed by atoms with Crippen LogP contribution in [0.2, 0.25) is 0 Å². The molecule has 0 spiro atoms. The normalized spacial score (nSPS) is 11.2. The van der Waals surface area contributed by atoms with Crippen molar-refractivity contribution in [1.82, 2.24) is 9.78 Å². The average molecular weight is 440 g/mol. The Morgan fingerprint density at radius 1 is 0.909 bits per heavy atom.